The Morgan fingerprint density at radius 1 is 1.03 bits per heavy atom. The van der Waals surface area contributed by atoms with Gasteiger partial charge in [-0.05, 0) is 49.2 Å². The Bertz CT molecular complexity index is 799. The third-order valence-corrected chi connectivity index (χ3v) is 5.46. The van der Waals surface area contributed by atoms with E-state index >= 15 is 0 Å². The summed E-state index contributed by atoms with van der Waals surface area (Å²) in [4.78, 5) is 21.7. The summed E-state index contributed by atoms with van der Waals surface area (Å²) in [6, 6.07) is 11.6. The van der Waals surface area contributed by atoms with Crippen molar-refractivity contribution in [2.24, 2.45) is 0 Å². The summed E-state index contributed by atoms with van der Waals surface area (Å²) in [6.07, 6.45) is 4.18. The molecule has 0 aliphatic carbocycles. The predicted molar refractivity (Wildman–Crippen MR) is 116 cm³/mol. The van der Waals surface area contributed by atoms with E-state index in [0.717, 1.165) is 64.0 Å². The normalized spacial score (nSPS) is 17.3. The molecule has 0 saturated carbocycles. The maximum atomic E-state index is 12.6. The zero-order valence-corrected chi connectivity index (χ0v) is 16.8. The zero-order valence-electron chi connectivity index (χ0n) is 16.8. The average Bonchev–Trinajstić information content (AvgIpc) is 3.30. The summed E-state index contributed by atoms with van der Waals surface area (Å²) in [5.41, 5.74) is 2.62. The molecule has 0 unspecified atom stereocenters. The van der Waals surface area contributed by atoms with Crippen LogP contribution in [0, 0.1) is 0 Å². The lowest BCUT2D eigenvalue weighted by Gasteiger charge is -2.26. The fourth-order valence-electron chi connectivity index (χ4n) is 3.77. The number of nitrogens with one attached hydrogen (secondary N) is 2. The van der Waals surface area contributed by atoms with Gasteiger partial charge in [0.1, 0.15) is 5.82 Å². The summed E-state index contributed by atoms with van der Waals surface area (Å²) in [5.74, 6) is 0.591. The van der Waals surface area contributed by atoms with Crippen molar-refractivity contribution >= 4 is 23.1 Å². The van der Waals surface area contributed by atoms with Crippen LogP contribution in [0.15, 0.2) is 42.6 Å². The number of hydrogen-bond donors (Lipinski definition) is 2. The van der Waals surface area contributed by atoms with Gasteiger partial charge in [-0.3, -0.25) is 9.69 Å². The molecule has 2 aliphatic heterocycles. The Labute approximate surface area is 172 Å². The van der Waals surface area contributed by atoms with Gasteiger partial charge in [-0.1, -0.05) is 0 Å². The van der Waals surface area contributed by atoms with Gasteiger partial charge in [0, 0.05) is 62.4 Å². The van der Waals surface area contributed by atoms with E-state index in [1.165, 1.54) is 18.5 Å². The van der Waals surface area contributed by atoms with Crippen LogP contribution in [-0.4, -0.2) is 68.3 Å². The smallest absolute Gasteiger partial charge is 0.255 e. The third-order valence-electron chi connectivity index (χ3n) is 5.46. The topological polar surface area (TPSA) is 69.7 Å². The van der Waals surface area contributed by atoms with Crippen molar-refractivity contribution in [1.82, 2.24) is 9.88 Å². The Kier molecular flexibility index (Phi) is 6.59. The summed E-state index contributed by atoms with van der Waals surface area (Å²) in [7, 11) is 0. The number of morpholine rings is 1. The first-order valence-corrected chi connectivity index (χ1v) is 10.4. The molecule has 0 bridgehead atoms. The number of anilines is 3. The van der Waals surface area contributed by atoms with Gasteiger partial charge in [0.05, 0.1) is 13.2 Å². The first kappa shape index (κ1) is 19.7. The van der Waals surface area contributed by atoms with Crippen LogP contribution < -0.4 is 15.5 Å². The highest BCUT2D eigenvalue weighted by Gasteiger charge is 2.13. The van der Waals surface area contributed by atoms with E-state index < -0.39 is 0 Å². The van der Waals surface area contributed by atoms with Crippen LogP contribution in [0.25, 0.3) is 0 Å². The second-order valence-electron chi connectivity index (χ2n) is 7.51. The maximum absolute atomic E-state index is 12.6. The largest absolute Gasteiger partial charge is 0.379 e. The van der Waals surface area contributed by atoms with Gasteiger partial charge in [0.15, 0.2) is 0 Å². The molecule has 2 fully saturated rings. The average molecular weight is 396 g/mol. The molecule has 1 aromatic heterocycles. The highest BCUT2D eigenvalue weighted by Crippen LogP contribution is 2.22. The second kappa shape index (κ2) is 9.71. The Morgan fingerprint density at radius 3 is 2.55 bits per heavy atom. The summed E-state index contributed by atoms with van der Waals surface area (Å²) in [6.45, 7) is 7.48. The molecule has 0 atom stereocenters. The van der Waals surface area contributed by atoms with Crippen molar-refractivity contribution in [3.05, 3.63) is 48.2 Å². The number of aromatic nitrogens is 1. The molecule has 2 saturated heterocycles. The number of pyridine rings is 1. The van der Waals surface area contributed by atoms with Gasteiger partial charge in [0.25, 0.3) is 5.91 Å². The fourth-order valence-corrected chi connectivity index (χ4v) is 3.77. The number of carbonyl (C=O) groups is 1. The van der Waals surface area contributed by atoms with Gasteiger partial charge < -0.3 is 20.3 Å². The van der Waals surface area contributed by atoms with E-state index in [4.69, 9.17) is 4.74 Å². The molecule has 2 N–H and O–H groups in total. The van der Waals surface area contributed by atoms with Crippen molar-refractivity contribution in [2.45, 2.75) is 12.8 Å². The first-order valence-electron chi connectivity index (χ1n) is 10.4. The minimum absolute atomic E-state index is 0.127. The third kappa shape index (κ3) is 5.46. The number of nitrogens with zero attached hydrogens (tertiary/aromatic N) is 3. The molecule has 29 heavy (non-hydrogen) atoms. The molecule has 154 valence electrons. The van der Waals surface area contributed by atoms with Crippen molar-refractivity contribution < 1.29 is 9.53 Å². The highest BCUT2D eigenvalue weighted by molar-refractivity contribution is 6.04. The van der Waals surface area contributed by atoms with Crippen LogP contribution >= 0.6 is 0 Å². The Morgan fingerprint density at radius 2 is 1.79 bits per heavy atom. The molecule has 0 spiro atoms. The number of benzene rings is 1. The molecule has 1 amide bonds. The quantitative estimate of drug-likeness (QED) is 0.751. The van der Waals surface area contributed by atoms with Gasteiger partial charge in [-0.15, -0.1) is 0 Å². The van der Waals surface area contributed by atoms with E-state index in [0.29, 0.717) is 5.56 Å². The van der Waals surface area contributed by atoms with Crippen LogP contribution in [0.3, 0.4) is 0 Å². The molecule has 2 aliphatic rings. The monoisotopic (exact) mass is 395 g/mol. The Balaban J connectivity index is 1.29. The number of carbonyl (C=O) groups excluding carboxylic acids is 1. The zero-order chi connectivity index (χ0) is 19.9. The predicted octanol–water partition coefficient (Wildman–Crippen LogP) is 2.68. The number of rotatable bonds is 7. The van der Waals surface area contributed by atoms with E-state index in [1.54, 1.807) is 18.3 Å². The van der Waals surface area contributed by atoms with Gasteiger partial charge in [-0.2, -0.15) is 0 Å². The molecule has 3 heterocycles. The van der Waals surface area contributed by atoms with E-state index in [9.17, 15) is 4.79 Å². The lowest BCUT2D eigenvalue weighted by molar-refractivity contribution is 0.0398. The maximum Gasteiger partial charge on any atom is 0.255 e. The molecular formula is C22H29N5O2. The molecular weight excluding hydrogens is 366 g/mol. The van der Waals surface area contributed by atoms with Crippen LogP contribution in [0.5, 0.6) is 0 Å². The molecule has 0 radical (unpaired) electrons. The lowest BCUT2D eigenvalue weighted by Crippen LogP contribution is -2.39. The van der Waals surface area contributed by atoms with Crippen LogP contribution in [0.2, 0.25) is 0 Å². The minimum Gasteiger partial charge on any atom is -0.379 e. The van der Waals surface area contributed by atoms with Crippen molar-refractivity contribution in [1.29, 1.82) is 0 Å². The molecule has 2 aromatic rings. The van der Waals surface area contributed by atoms with Crippen molar-refractivity contribution in [3.8, 4) is 0 Å². The summed E-state index contributed by atoms with van der Waals surface area (Å²) >= 11 is 0. The number of hydrogen-bond acceptors (Lipinski definition) is 6. The molecule has 4 rings (SSSR count). The number of amides is 1. The SMILES string of the molecule is O=C(Nc1ccc(N2CCCC2)cc1)c1ccnc(NCCN2CCOCC2)c1. The van der Waals surface area contributed by atoms with E-state index in [2.05, 4.69) is 37.6 Å². The van der Waals surface area contributed by atoms with Gasteiger partial charge >= 0.3 is 0 Å². The van der Waals surface area contributed by atoms with E-state index in [-0.39, 0.29) is 5.91 Å². The molecule has 7 heteroatoms. The lowest BCUT2D eigenvalue weighted by atomic mass is 10.2. The fraction of sp³-hybridized carbons (Fsp3) is 0.455. The van der Waals surface area contributed by atoms with Gasteiger partial charge in [0.2, 0.25) is 0 Å². The first-order chi connectivity index (χ1) is 14.3. The van der Waals surface area contributed by atoms with Crippen LogP contribution in [0.4, 0.5) is 17.2 Å². The molecule has 1 aromatic carbocycles. The Hall–Kier alpha value is -2.64. The standard InChI is InChI=1S/C22H29N5O2/c28-22(25-19-3-5-20(6-4-19)27-10-1-2-11-27)18-7-8-23-21(17-18)24-9-12-26-13-15-29-16-14-26/h3-8,17H,1-2,9-16H2,(H,23,24)(H,25,28). The van der Waals surface area contributed by atoms with Crippen molar-refractivity contribution in [3.63, 3.8) is 0 Å². The van der Waals surface area contributed by atoms with Crippen molar-refractivity contribution in [2.75, 3.05) is 68.0 Å². The second-order valence-corrected chi connectivity index (χ2v) is 7.51. The number of ether oxygens (including phenoxy) is 1. The summed E-state index contributed by atoms with van der Waals surface area (Å²) < 4.78 is 5.37. The van der Waals surface area contributed by atoms with Gasteiger partial charge in [-0.25, -0.2) is 4.98 Å². The molecule has 7 nitrogen and oxygen atoms in total. The summed E-state index contributed by atoms with van der Waals surface area (Å²) in [5, 5.41) is 6.29. The van der Waals surface area contributed by atoms with Crippen LogP contribution in [-0.2, 0) is 4.74 Å². The minimum atomic E-state index is -0.127. The van der Waals surface area contributed by atoms with E-state index in [1.807, 2.05) is 12.1 Å². The van der Waals surface area contributed by atoms with Crippen LogP contribution in [0.1, 0.15) is 23.2 Å². The highest BCUT2D eigenvalue weighted by atomic mass is 16.5.